The second-order valence-corrected chi connectivity index (χ2v) is 6.09. The fourth-order valence-corrected chi connectivity index (χ4v) is 4.22. The van der Waals surface area contributed by atoms with E-state index in [0.29, 0.717) is 15.8 Å². The van der Waals surface area contributed by atoms with Crippen molar-refractivity contribution in [2.45, 2.75) is 16.6 Å². The number of carboxylic acid groups (broad SMARTS) is 1. The standard InChI is InChI=1S/C9H9N5O3S2/c10-4-6(15)14-5(8(16)17)3(1-18-7(4)14)19-9-11-2-12-13-9/h2,4,7H,1,10H2,(H,16,17)(H,11,12,13)/t4-,7+/m1/s1. The normalized spacial score (nSPS) is 26.2. The monoisotopic (exact) mass is 299 g/mol. The molecule has 8 nitrogen and oxygen atoms in total. The van der Waals surface area contributed by atoms with E-state index in [1.54, 1.807) is 0 Å². The van der Waals surface area contributed by atoms with Crippen molar-refractivity contribution in [1.82, 2.24) is 20.1 Å². The van der Waals surface area contributed by atoms with Crippen molar-refractivity contribution in [3.63, 3.8) is 0 Å². The zero-order valence-electron chi connectivity index (χ0n) is 9.44. The highest BCUT2D eigenvalue weighted by molar-refractivity contribution is 8.06. The molecule has 3 heterocycles. The smallest absolute Gasteiger partial charge is 0.353 e. The summed E-state index contributed by atoms with van der Waals surface area (Å²) in [6.45, 7) is 0. The maximum Gasteiger partial charge on any atom is 0.353 e. The van der Waals surface area contributed by atoms with Gasteiger partial charge in [-0.3, -0.25) is 14.8 Å². The predicted octanol–water partition coefficient (Wildman–Crippen LogP) is -0.565. The number of β-lactam (4-membered cyclic amide) rings is 1. The summed E-state index contributed by atoms with van der Waals surface area (Å²) in [4.78, 5) is 28.8. The van der Waals surface area contributed by atoms with E-state index >= 15 is 0 Å². The molecule has 3 rings (SSSR count). The number of carboxylic acids is 1. The van der Waals surface area contributed by atoms with E-state index in [4.69, 9.17) is 5.73 Å². The highest BCUT2D eigenvalue weighted by atomic mass is 32.2. The fourth-order valence-electron chi connectivity index (χ4n) is 1.93. The van der Waals surface area contributed by atoms with E-state index < -0.39 is 12.0 Å². The third-order valence-electron chi connectivity index (χ3n) is 2.79. The molecule has 1 aromatic rings. The molecule has 0 radical (unpaired) electrons. The Labute approximate surface area is 115 Å². The second-order valence-electron chi connectivity index (χ2n) is 3.91. The molecule has 1 amide bonds. The second kappa shape index (κ2) is 4.54. The first-order chi connectivity index (χ1) is 9.09. The SMILES string of the molecule is N[C@@H]1C(=O)N2C(C(=O)O)=C(Sc3ncn[nH]3)CS[C@@H]12. The third-order valence-corrected chi connectivity index (χ3v) is 5.25. The number of carbonyl (C=O) groups is 2. The number of rotatable bonds is 3. The van der Waals surface area contributed by atoms with E-state index in [1.807, 2.05) is 0 Å². The van der Waals surface area contributed by atoms with Crippen LogP contribution in [0.3, 0.4) is 0 Å². The Balaban J connectivity index is 1.95. The maximum absolute atomic E-state index is 11.7. The van der Waals surface area contributed by atoms with E-state index in [1.165, 1.54) is 23.0 Å². The van der Waals surface area contributed by atoms with Crippen molar-refractivity contribution >= 4 is 35.4 Å². The van der Waals surface area contributed by atoms with Crippen LogP contribution in [-0.4, -0.2) is 54.2 Å². The molecule has 0 aromatic carbocycles. The molecule has 19 heavy (non-hydrogen) atoms. The van der Waals surface area contributed by atoms with E-state index in [0.717, 1.165) is 11.8 Å². The lowest BCUT2D eigenvalue weighted by atomic mass is 10.1. The average molecular weight is 299 g/mol. The molecule has 1 aromatic heterocycles. The van der Waals surface area contributed by atoms with Crippen molar-refractivity contribution in [3.8, 4) is 0 Å². The molecule has 10 heteroatoms. The van der Waals surface area contributed by atoms with Crippen molar-refractivity contribution in [3.05, 3.63) is 16.9 Å². The minimum absolute atomic E-state index is 0.00292. The van der Waals surface area contributed by atoms with Crippen LogP contribution in [0.5, 0.6) is 0 Å². The number of nitrogens with zero attached hydrogens (tertiary/aromatic N) is 3. The van der Waals surface area contributed by atoms with Crippen LogP contribution in [0.4, 0.5) is 0 Å². The molecular weight excluding hydrogens is 290 g/mol. The average Bonchev–Trinajstić information content (AvgIpc) is 2.89. The number of nitrogens with one attached hydrogen (secondary N) is 1. The van der Waals surface area contributed by atoms with Gasteiger partial charge in [0.25, 0.3) is 0 Å². The number of hydrogen-bond donors (Lipinski definition) is 3. The first kappa shape index (κ1) is 12.5. The van der Waals surface area contributed by atoms with Gasteiger partial charge in [0, 0.05) is 10.7 Å². The van der Waals surface area contributed by atoms with E-state index in [-0.39, 0.29) is 17.0 Å². The van der Waals surface area contributed by atoms with Gasteiger partial charge in [-0.15, -0.1) is 11.8 Å². The molecule has 1 saturated heterocycles. The molecule has 0 unspecified atom stereocenters. The van der Waals surface area contributed by atoms with Gasteiger partial charge in [0.05, 0.1) is 0 Å². The van der Waals surface area contributed by atoms with Crippen LogP contribution in [0.25, 0.3) is 0 Å². The van der Waals surface area contributed by atoms with Crippen molar-refractivity contribution < 1.29 is 14.7 Å². The number of hydrogen-bond acceptors (Lipinski definition) is 7. The Morgan fingerprint density at radius 3 is 3.11 bits per heavy atom. The Kier molecular flexibility index (Phi) is 2.99. The van der Waals surface area contributed by atoms with Crippen LogP contribution in [0.15, 0.2) is 22.1 Å². The summed E-state index contributed by atoms with van der Waals surface area (Å²) < 4.78 is 0. The first-order valence-electron chi connectivity index (χ1n) is 5.29. The van der Waals surface area contributed by atoms with E-state index in [9.17, 15) is 14.7 Å². The highest BCUT2D eigenvalue weighted by Gasteiger charge is 2.51. The molecule has 4 N–H and O–H groups in total. The van der Waals surface area contributed by atoms with Gasteiger partial charge in [0.1, 0.15) is 23.4 Å². The molecule has 2 aliphatic rings. The van der Waals surface area contributed by atoms with Gasteiger partial charge in [-0.05, 0) is 0 Å². The molecule has 2 atom stereocenters. The lowest BCUT2D eigenvalue weighted by molar-refractivity contribution is -0.147. The van der Waals surface area contributed by atoms with Crippen LogP contribution in [0, 0.1) is 0 Å². The number of thioether (sulfide) groups is 2. The molecule has 0 spiro atoms. The summed E-state index contributed by atoms with van der Waals surface area (Å²) in [6, 6.07) is -0.615. The topological polar surface area (TPSA) is 125 Å². The molecule has 0 aliphatic carbocycles. The Morgan fingerprint density at radius 1 is 1.68 bits per heavy atom. The molecule has 100 valence electrons. The number of carbonyl (C=O) groups excluding carboxylic acids is 1. The van der Waals surface area contributed by atoms with Gasteiger partial charge in [0.15, 0.2) is 5.16 Å². The summed E-state index contributed by atoms with van der Waals surface area (Å²) in [6.07, 6.45) is 1.34. The van der Waals surface area contributed by atoms with Crippen LogP contribution >= 0.6 is 23.5 Å². The molecule has 1 fully saturated rings. The number of aromatic amines is 1. The molecule has 0 bridgehead atoms. The lowest BCUT2D eigenvalue weighted by Gasteiger charge is -2.47. The Morgan fingerprint density at radius 2 is 2.47 bits per heavy atom. The lowest BCUT2D eigenvalue weighted by Crippen LogP contribution is -2.68. The van der Waals surface area contributed by atoms with Gasteiger partial charge in [-0.25, -0.2) is 9.78 Å². The zero-order valence-corrected chi connectivity index (χ0v) is 11.1. The summed E-state index contributed by atoms with van der Waals surface area (Å²) in [5, 5.41) is 15.9. The zero-order chi connectivity index (χ0) is 13.6. The third kappa shape index (κ3) is 1.91. The van der Waals surface area contributed by atoms with Gasteiger partial charge < -0.3 is 10.8 Å². The largest absolute Gasteiger partial charge is 0.477 e. The number of amides is 1. The van der Waals surface area contributed by atoms with Crippen molar-refractivity contribution in [2.75, 3.05) is 5.75 Å². The number of nitrogens with two attached hydrogens (primary N) is 1. The predicted molar refractivity (Wildman–Crippen MR) is 68.0 cm³/mol. The molecule has 0 saturated carbocycles. The number of aliphatic carboxylic acids is 1. The fraction of sp³-hybridized carbons (Fsp3) is 0.333. The van der Waals surface area contributed by atoms with Gasteiger partial charge >= 0.3 is 5.97 Å². The minimum atomic E-state index is -1.13. The quantitative estimate of drug-likeness (QED) is 0.634. The Bertz CT molecular complexity index is 572. The summed E-state index contributed by atoms with van der Waals surface area (Å²) in [5.41, 5.74) is 5.65. The first-order valence-corrected chi connectivity index (χ1v) is 7.16. The van der Waals surface area contributed by atoms with Crippen molar-refractivity contribution in [1.29, 1.82) is 0 Å². The minimum Gasteiger partial charge on any atom is -0.477 e. The van der Waals surface area contributed by atoms with Crippen molar-refractivity contribution in [2.24, 2.45) is 5.73 Å². The van der Waals surface area contributed by atoms with Crippen LogP contribution < -0.4 is 5.73 Å². The number of fused-ring (bicyclic) bond motifs is 1. The van der Waals surface area contributed by atoms with Gasteiger partial charge in [-0.2, -0.15) is 5.10 Å². The number of aromatic nitrogens is 3. The summed E-state index contributed by atoms with van der Waals surface area (Å²) in [5.74, 6) is -1.01. The van der Waals surface area contributed by atoms with E-state index in [2.05, 4.69) is 15.2 Å². The Hall–Kier alpha value is -1.52. The highest BCUT2D eigenvalue weighted by Crippen LogP contribution is 2.43. The van der Waals surface area contributed by atoms with Gasteiger partial charge in [-0.1, -0.05) is 11.8 Å². The molecular formula is C9H9N5O3S2. The summed E-state index contributed by atoms with van der Waals surface area (Å²) in [7, 11) is 0. The van der Waals surface area contributed by atoms with Gasteiger partial charge in [0.2, 0.25) is 5.91 Å². The van der Waals surface area contributed by atoms with Crippen LogP contribution in [-0.2, 0) is 9.59 Å². The van der Waals surface area contributed by atoms with Crippen LogP contribution in [0.1, 0.15) is 0 Å². The molecule has 2 aliphatic heterocycles. The number of H-pyrrole nitrogens is 1. The maximum atomic E-state index is 11.7. The van der Waals surface area contributed by atoms with Crippen LogP contribution in [0.2, 0.25) is 0 Å². The summed E-state index contributed by atoms with van der Waals surface area (Å²) >= 11 is 2.62.